The number of hydrogen-bond acceptors (Lipinski definition) is 4. The van der Waals surface area contributed by atoms with Crippen molar-refractivity contribution in [3.8, 4) is 0 Å². The predicted molar refractivity (Wildman–Crippen MR) is 57.5 cm³/mol. The number of hydrogen-bond donors (Lipinski definition) is 1. The fourth-order valence-electron chi connectivity index (χ4n) is 2.00. The van der Waals surface area contributed by atoms with Gasteiger partial charge < -0.3 is 14.5 Å². The van der Waals surface area contributed by atoms with Gasteiger partial charge in [0.25, 0.3) is 5.91 Å². The SMILES string of the molecule is Cc1cnoc1C(=O)N1CCC[C@@H](C(=O)O)C1. The third kappa shape index (κ3) is 2.30. The van der Waals surface area contributed by atoms with Crippen molar-refractivity contribution in [3.63, 3.8) is 0 Å². The van der Waals surface area contributed by atoms with E-state index in [-0.39, 0.29) is 18.2 Å². The summed E-state index contributed by atoms with van der Waals surface area (Å²) < 4.78 is 4.89. The van der Waals surface area contributed by atoms with E-state index in [1.807, 2.05) is 0 Å². The molecule has 0 unspecified atom stereocenters. The van der Waals surface area contributed by atoms with Gasteiger partial charge in [-0.25, -0.2) is 0 Å². The number of carboxylic acids is 1. The Hall–Kier alpha value is -1.85. The van der Waals surface area contributed by atoms with Crippen molar-refractivity contribution in [3.05, 3.63) is 17.5 Å². The maximum absolute atomic E-state index is 12.0. The van der Waals surface area contributed by atoms with Crippen LogP contribution in [0.25, 0.3) is 0 Å². The zero-order valence-electron chi connectivity index (χ0n) is 9.55. The molecule has 1 aromatic heterocycles. The van der Waals surface area contributed by atoms with E-state index >= 15 is 0 Å². The lowest BCUT2D eigenvalue weighted by Gasteiger charge is -2.29. The van der Waals surface area contributed by atoms with Gasteiger partial charge in [0.15, 0.2) is 0 Å². The maximum atomic E-state index is 12.0. The molecule has 0 spiro atoms. The highest BCUT2D eigenvalue weighted by molar-refractivity contribution is 5.93. The number of aliphatic carboxylic acids is 1. The van der Waals surface area contributed by atoms with Crippen LogP contribution in [0.5, 0.6) is 0 Å². The van der Waals surface area contributed by atoms with E-state index in [0.29, 0.717) is 24.9 Å². The van der Waals surface area contributed by atoms with Gasteiger partial charge in [0.2, 0.25) is 5.76 Å². The second-order valence-corrected chi connectivity index (χ2v) is 4.27. The third-order valence-corrected chi connectivity index (χ3v) is 3.00. The highest BCUT2D eigenvalue weighted by atomic mass is 16.5. The second kappa shape index (κ2) is 4.57. The van der Waals surface area contributed by atoms with Crippen LogP contribution in [-0.4, -0.2) is 40.1 Å². The lowest BCUT2D eigenvalue weighted by Crippen LogP contribution is -2.42. The number of amides is 1. The smallest absolute Gasteiger partial charge is 0.308 e. The van der Waals surface area contributed by atoms with Gasteiger partial charge in [0.05, 0.1) is 12.1 Å². The summed E-state index contributed by atoms with van der Waals surface area (Å²) in [6.07, 6.45) is 2.80. The zero-order chi connectivity index (χ0) is 12.4. The maximum Gasteiger partial charge on any atom is 0.308 e. The van der Waals surface area contributed by atoms with Crippen molar-refractivity contribution in [1.82, 2.24) is 10.1 Å². The van der Waals surface area contributed by atoms with Gasteiger partial charge >= 0.3 is 5.97 Å². The molecule has 1 atom stereocenters. The first-order valence-corrected chi connectivity index (χ1v) is 5.53. The van der Waals surface area contributed by atoms with Gasteiger partial charge in [0.1, 0.15) is 0 Å². The molecule has 1 saturated heterocycles. The number of piperidine rings is 1. The number of aryl methyl sites for hydroxylation is 1. The Morgan fingerprint density at radius 3 is 2.94 bits per heavy atom. The molecule has 2 rings (SSSR count). The molecule has 1 aliphatic rings. The van der Waals surface area contributed by atoms with Crippen molar-refractivity contribution < 1.29 is 19.2 Å². The van der Waals surface area contributed by atoms with Crippen LogP contribution in [-0.2, 0) is 4.79 Å². The highest BCUT2D eigenvalue weighted by Gasteiger charge is 2.30. The van der Waals surface area contributed by atoms with E-state index in [0.717, 1.165) is 0 Å². The molecule has 6 nitrogen and oxygen atoms in total. The van der Waals surface area contributed by atoms with Gasteiger partial charge in [-0.1, -0.05) is 5.16 Å². The molecular weight excluding hydrogens is 224 g/mol. The molecule has 1 aromatic rings. The average molecular weight is 238 g/mol. The minimum atomic E-state index is -0.850. The van der Waals surface area contributed by atoms with Crippen molar-refractivity contribution in [2.45, 2.75) is 19.8 Å². The zero-order valence-corrected chi connectivity index (χ0v) is 9.55. The summed E-state index contributed by atoms with van der Waals surface area (Å²) in [5.74, 6) is -1.39. The molecule has 17 heavy (non-hydrogen) atoms. The fraction of sp³-hybridized carbons (Fsp3) is 0.545. The Morgan fingerprint density at radius 2 is 2.35 bits per heavy atom. The van der Waals surface area contributed by atoms with Gasteiger partial charge in [-0.3, -0.25) is 9.59 Å². The normalized spacial score (nSPS) is 20.3. The number of likely N-dealkylation sites (tertiary alicyclic amines) is 1. The van der Waals surface area contributed by atoms with Crippen LogP contribution in [0.3, 0.4) is 0 Å². The second-order valence-electron chi connectivity index (χ2n) is 4.27. The Kier molecular flexibility index (Phi) is 3.12. The minimum absolute atomic E-state index is 0.205. The summed E-state index contributed by atoms with van der Waals surface area (Å²) >= 11 is 0. The topological polar surface area (TPSA) is 83.6 Å². The Balaban J connectivity index is 2.10. The molecular formula is C11H14N2O4. The fourth-order valence-corrected chi connectivity index (χ4v) is 2.00. The molecule has 1 aliphatic heterocycles. The molecule has 0 saturated carbocycles. The number of carboxylic acid groups (broad SMARTS) is 1. The lowest BCUT2D eigenvalue weighted by atomic mass is 9.98. The average Bonchev–Trinajstić information content (AvgIpc) is 2.74. The van der Waals surface area contributed by atoms with Gasteiger partial charge in [-0.05, 0) is 19.8 Å². The van der Waals surface area contributed by atoms with Crippen LogP contribution in [0.1, 0.15) is 29.0 Å². The molecule has 0 aromatic carbocycles. The van der Waals surface area contributed by atoms with Crippen LogP contribution in [0, 0.1) is 12.8 Å². The number of carbonyl (C=O) groups excluding carboxylic acids is 1. The molecule has 1 fully saturated rings. The standard InChI is InChI=1S/C11H14N2O4/c1-7-5-12-17-9(7)10(14)13-4-2-3-8(6-13)11(15)16/h5,8H,2-4,6H2,1H3,(H,15,16)/t8-/m1/s1. The Morgan fingerprint density at radius 1 is 1.59 bits per heavy atom. The monoisotopic (exact) mass is 238 g/mol. The van der Waals surface area contributed by atoms with E-state index in [1.165, 1.54) is 11.1 Å². The summed E-state index contributed by atoms with van der Waals surface area (Å²) in [6.45, 7) is 2.55. The number of rotatable bonds is 2. The number of carbonyl (C=O) groups is 2. The van der Waals surface area contributed by atoms with Gasteiger partial charge in [0, 0.05) is 18.7 Å². The van der Waals surface area contributed by atoms with Crippen molar-refractivity contribution in [2.75, 3.05) is 13.1 Å². The predicted octanol–water partition coefficient (Wildman–Crippen LogP) is 0.920. The summed E-state index contributed by atoms with van der Waals surface area (Å²) in [7, 11) is 0. The van der Waals surface area contributed by atoms with Crippen LogP contribution < -0.4 is 0 Å². The first kappa shape index (κ1) is 11.6. The van der Waals surface area contributed by atoms with Crippen molar-refractivity contribution in [1.29, 1.82) is 0 Å². The quantitative estimate of drug-likeness (QED) is 0.828. The Labute approximate surface area is 98.2 Å². The van der Waals surface area contributed by atoms with Gasteiger partial charge in [-0.15, -0.1) is 0 Å². The summed E-state index contributed by atoms with van der Waals surface area (Å²) in [4.78, 5) is 24.5. The molecule has 1 amide bonds. The molecule has 2 heterocycles. The molecule has 6 heteroatoms. The van der Waals surface area contributed by atoms with Crippen LogP contribution >= 0.6 is 0 Å². The summed E-state index contributed by atoms with van der Waals surface area (Å²) in [6, 6.07) is 0. The van der Waals surface area contributed by atoms with Gasteiger partial charge in [-0.2, -0.15) is 0 Å². The first-order chi connectivity index (χ1) is 8.09. The molecule has 92 valence electrons. The van der Waals surface area contributed by atoms with E-state index in [2.05, 4.69) is 5.16 Å². The molecule has 0 bridgehead atoms. The molecule has 0 aliphatic carbocycles. The minimum Gasteiger partial charge on any atom is -0.481 e. The van der Waals surface area contributed by atoms with Crippen LogP contribution in [0.4, 0.5) is 0 Å². The third-order valence-electron chi connectivity index (χ3n) is 3.00. The lowest BCUT2D eigenvalue weighted by molar-refractivity contribution is -0.143. The summed E-state index contributed by atoms with van der Waals surface area (Å²) in [5.41, 5.74) is 0.674. The first-order valence-electron chi connectivity index (χ1n) is 5.53. The van der Waals surface area contributed by atoms with E-state index in [9.17, 15) is 9.59 Å². The van der Waals surface area contributed by atoms with Crippen molar-refractivity contribution >= 4 is 11.9 Å². The molecule has 0 radical (unpaired) electrons. The number of aromatic nitrogens is 1. The molecule has 1 N–H and O–H groups in total. The van der Waals surface area contributed by atoms with Crippen LogP contribution in [0.2, 0.25) is 0 Å². The highest BCUT2D eigenvalue weighted by Crippen LogP contribution is 2.19. The van der Waals surface area contributed by atoms with E-state index < -0.39 is 11.9 Å². The largest absolute Gasteiger partial charge is 0.481 e. The van der Waals surface area contributed by atoms with E-state index in [1.54, 1.807) is 6.92 Å². The number of nitrogens with zero attached hydrogens (tertiary/aromatic N) is 2. The Bertz CT molecular complexity index is 440. The van der Waals surface area contributed by atoms with Crippen LogP contribution in [0.15, 0.2) is 10.7 Å². The van der Waals surface area contributed by atoms with E-state index in [4.69, 9.17) is 9.63 Å². The summed E-state index contributed by atoms with van der Waals surface area (Å²) in [5, 5.41) is 12.5. The van der Waals surface area contributed by atoms with Crippen molar-refractivity contribution in [2.24, 2.45) is 5.92 Å².